The van der Waals surface area contributed by atoms with Gasteiger partial charge in [0.15, 0.2) is 6.10 Å². The lowest BCUT2D eigenvalue weighted by atomic mass is 9.86. The van der Waals surface area contributed by atoms with E-state index < -0.39 is 6.10 Å². The molecule has 0 heterocycles. The Hall–Kier alpha value is -1.51. The molecule has 0 amide bonds. The minimum atomic E-state index is -0.519. The average Bonchev–Trinajstić information content (AvgIpc) is 2.39. The summed E-state index contributed by atoms with van der Waals surface area (Å²) in [5.74, 6) is 0.480. The number of ether oxygens (including phenoxy) is 2. The summed E-state index contributed by atoms with van der Waals surface area (Å²) in [5.41, 5.74) is 2.41. The Bertz CT molecular complexity index is 472. The number of aryl methyl sites for hydroxylation is 1. The van der Waals surface area contributed by atoms with E-state index in [1.165, 1.54) is 5.56 Å². The Morgan fingerprint density at radius 1 is 1.24 bits per heavy atom. The fourth-order valence-electron chi connectivity index (χ4n) is 2.12. The van der Waals surface area contributed by atoms with Crippen LogP contribution >= 0.6 is 0 Å². The van der Waals surface area contributed by atoms with Crippen molar-refractivity contribution in [3.63, 3.8) is 0 Å². The van der Waals surface area contributed by atoms with E-state index in [0.717, 1.165) is 17.7 Å². The summed E-state index contributed by atoms with van der Waals surface area (Å²) < 4.78 is 11.0. The van der Waals surface area contributed by atoms with E-state index in [-0.39, 0.29) is 11.4 Å². The lowest BCUT2D eigenvalue weighted by molar-refractivity contribution is -0.151. The smallest absolute Gasteiger partial charge is 0.347 e. The van der Waals surface area contributed by atoms with Gasteiger partial charge in [-0.2, -0.15) is 0 Å². The van der Waals surface area contributed by atoms with E-state index in [0.29, 0.717) is 13.0 Å². The molecule has 0 N–H and O–H groups in total. The third-order valence-corrected chi connectivity index (χ3v) is 3.41. The summed E-state index contributed by atoms with van der Waals surface area (Å²) >= 11 is 0. The molecule has 3 nitrogen and oxygen atoms in total. The molecule has 0 aliphatic heterocycles. The zero-order chi connectivity index (χ0) is 16.0. The van der Waals surface area contributed by atoms with Crippen LogP contribution in [-0.2, 0) is 14.9 Å². The molecule has 0 saturated heterocycles. The minimum absolute atomic E-state index is 0.104. The Labute approximate surface area is 128 Å². The Kier molecular flexibility index (Phi) is 6.25. The first kappa shape index (κ1) is 17.5. The molecule has 0 aliphatic rings. The SMILES string of the molecule is CCCC(Oc1ccc(C(C)(C)C)cc1C)C(=O)OCC. The molecule has 3 heteroatoms. The molecule has 0 spiro atoms. The highest BCUT2D eigenvalue weighted by atomic mass is 16.6. The normalized spacial score (nSPS) is 12.9. The highest BCUT2D eigenvalue weighted by Crippen LogP contribution is 2.28. The van der Waals surface area contributed by atoms with Crippen LogP contribution in [0.3, 0.4) is 0 Å². The van der Waals surface area contributed by atoms with E-state index in [2.05, 4.69) is 32.9 Å². The summed E-state index contributed by atoms with van der Waals surface area (Å²) in [7, 11) is 0. The van der Waals surface area contributed by atoms with Gasteiger partial charge in [-0.05, 0) is 42.9 Å². The molecule has 1 rings (SSSR count). The van der Waals surface area contributed by atoms with Crippen molar-refractivity contribution in [3.05, 3.63) is 29.3 Å². The standard InChI is InChI=1S/C18H28O3/c1-7-9-16(17(19)20-8-2)21-15-11-10-14(12-13(15)3)18(4,5)6/h10-12,16H,7-9H2,1-6H3. The van der Waals surface area contributed by atoms with E-state index in [1.807, 2.05) is 26.8 Å². The summed E-state index contributed by atoms with van der Waals surface area (Å²) in [6, 6.07) is 6.15. The van der Waals surface area contributed by atoms with Crippen LogP contribution < -0.4 is 4.74 Å². The number of hydrogen-bond donors (Lipinski definition) is 0. The molecule has 1 aromatic carbocycles. The molecule has 0 bridgehead atoms. The first-order chi connectivity index (χ1) is 9.79. The van der Waals surface area contributed by atoms with Crippen LogP contribution in [0.1, 0.15) is 58.6 Å². The van der Waals surface area contributed by atoms with Crippen molar-refractivity contribution in [2.75, 3.05) is 6.61 Å². The number of hydrogen-bond acceptors (Lipinski definition) is 3. The second kappa shape index (κ2) is 7.48. The lowest BCUT2D eigenvalue weighted by Gasteiger charge is -2.22. The predicted molar refractivity (Wildman–Crippen MR) is 85.8 cm³/mol. The van der Waals surface area contributed by atoms with E-state index in [9.17, 15) is 4.79 Å². The molecule has 1 atom stereocenters. The largest absolute Gasteiger partial charge is 0.478 e. The van der Waals surface area contributed by atoms with Crippen molar-refractivity contribution in [2.24, 2.45) is 0 Å². The van der Waals surface area contributed by atoms with Crippen molar-refractivity contribution in [1.82, 2.24) is 0 Å². The van der Waals surface area contributed by atoms with Crippen molar-refractivity contribution in [1.29, 1.82) is 0 Å². The average molecular weight is 292 g/mol. The van der Waals surface area contributed by atoms with Gasteiger partial charge in [-0.25, -0.2) is 4.79 Å². The second-order valence-corrected chi connectivity index (χ2v) is 6.38. The van der Waals surface area contributed by atoms with E-state index in [4.69, 9.17) is 9.47 Å². The van der Waals surface area contributed by atoms with Gasteiger partial charge >= 0.3 is 5.97 Å². The highest BCUT2D eigenvalue weighted by molar-refractivity contribution is 5.75. The molecule has 118 valence electrons. The molecule has 0 aliphatic carbocycles. The van der Waals surface area contributed by atoms with Gasteiger partial charge in [0.05, 0.1) is 6.61 Å². The molecular formula is C18H28O3. The second-order valence-electron chi connectivity index (χ2n) is 6.38. The van der Waals surface area contributed by atoms with Crippen LogP contribution in [0.4, 0.5) is 0 Å². The maximum absolute atomic E-state index is 11.9. The van der Waals surface area contributed by atoms with Crippen molar-refractivity contribution >= 4 is 5.97 Å². The zero-order valence-electron chi connectivity index (χ0n) is 14.2. The van der Waals surface area contributed by atoms with Gasteiger partial charge in [-0.3, -0.25) is 0 Å². The van der Waals surface area contributed by atoms with E-state index in [1.54, 1.807) is 0 Å². The van der Waals surface area contributed by atoms with Crippen LogP contribution in [0.25, 0.3) is 0 Å². The number of rotatable bonds is 6. The third-order valence-electron chi connectivity index (χ3n) is 3.41. The molecule has 0 saturated carbocycles. The molecule has 0 radical (unpaired) electrons. The minimum Gasteiger partial charge on any atom is -0.478 e. The Balaban J connectivity index is 2.92. The van der Waals surface area contributed by atoms with Gasteiger partial charge in [0, 0.05) is 0 Å². The molecule has 0 aromatic heterocycles. The predicted octanol–water partition coefficient (Wildman–Crippen LogP) is 4.40. The summed E-state index contributed by atoms with van der Waals surface area (Å²) in [4.78, 5) is 11.9. The topological polar surface area (TPSA) is 35.5 Å². The first-order valence-electron chi connectivity index (χ1n) is 7.74. The van der Waals surface area contributed by atoms with Crippen LogP contribution in [0.2, 0.25) is 0 Å². The first-order valence-corrected chi connectivity index (χ1v) is 7.74. The Morgan fingerprint density at radius 3 is 2.38 bits per heavy atom. The van der Waals surface area contributed by atoms with Gasteiger partial charge in [0.25, 0.3) is 0 Å². The van der Waals surface area contributed by atoms with Gasteiger partial charge < -0.3 is 9.47 Å². The van der Waals surface area contributed by atoms with Crippen molar-refractivity contribution in [2.45, 2.75) is 65.9 Å². The number of benzene rings is 1. The zero-order valence-corrected chi connectivity index (χ0v) is 14.2. The van der Waals surface area contributed by atoms with Gasteiger partial charge in [-0.15, -0.1) is 0 Å². The lowest BCUT2D eigenvalue weighted by Crippen LogP contribution is -2.29. The summed E-state index contributed by atoms with van der Waals surface area (Å²) in [5, 5.41) is 0. The van der Waals surface area contributed by atoms with Crippen LogP contribution in [0, 0.1) is 6.92 Å². The molecule has 1 unspecified atom stereocenters. The summed E-state index contributed by atoms with van der Waals surface area (Å²) in [6.07, 6.45) is 1.02. The molecule has 0 fully saturated rings. The number of carbonyl (C=O) groups excluding carboxylic acids is 1. The summed E-state index contributed by atoms with van der Waals surface area (Å²) in [6.45, 7) is 12.8. The monoisotopic (exact) mass is 292 g/mol. The van der Waals surface area contributed by atoms with Gasteiger partial charge in [-0.1, -0.05) is 46.2 Å². The van der Waals surface area contributed by atoms with Gasteiger partial charge in [0.2, 0.25) is 0 Å². The highest BCUT2D eigenvalue weighted by Gasteiger charge is 2.22. The van der Waals surface area contributed by atoms with Crippen LogP contribution in [-0.4, -0.2) is 18.7 Å². The van der Waals surface area contributed by atoms with E-state index >= 15 is 0 Å². The Morgan fingerprint density at radius 2 is 1.90 bits per heavy atom. The number of carbonyl (C=O) groups is 1. The van der Waals surface area contributed by atoms with Crippen molar-refractivity contribution in [3.8, 4) is 5.75 Å². The van der Waals surface area contributed by atoms with Crippen LogP contribution in [0.5, 0.6) is 5.75 Å². The molecule has 21 heavy (non-hydrogen) atoms. The maximum atomic E-state index is 11.9. The molecule has 1 aromatic rings. The molecular weight excluding hydrogens is 264 g/mol. The number of esters is 1. The fraction of sp³-hybridized carbons (Fsp3) is 0.611. The van der Waals surface area contributed by atoms with Crippen molar-refractivity contribution < 1.29 is 14.3 Å². The van der Waals surface area contributed by atoms with Crippen LogP contribution in [0.15, 0.2) is 18.2 Å². The quantitative estimate of drug-likeness (QED) is 0.729. The fourth-order valence-corrected chi connectivity index (χ4v) is 2.12. The van der Waals surface area contributed by atoms with Gasteiger partial charge in [0.1, 0.15) is 5.75 Å². The third kappa shape index (κ3) is 5.07. The maximum Gasteiger partial charge on any atom is 0.347 e.